The maximum atomic E-state index is 12.5. The molecule has 30 heavy (non-hydrogen) atoms. The number of guanidine groups is 1. The summed E-state index contributed by atoms with van der Waals surface area (Å²) in [4.78, 5) is 20.8. The molecule has 166 valence electrons. The van der Waals surface area contributed by atoms with Crippen molar-refractivity contribution < 1.29 is 17.9 Å². The van der Waals surface area contributed by atoms with Crippen LogP contribution in [0.15, 0.2) is 35.3 Å². The molecule has 2 fully saturated rings. The molecule has 1 N–H and O–H groups in total. The van der Waals surface area contributed by atoms with Crippen LogP contribution in [0, 0.1) is 0 Å². The van der Waals surface area contributed by atoms with Gasteiger partial charge in [-0.3, -0.25) is 9.79 Å². The van der Waals surface area contributed by atoms with Crippen LogP contribution in [0.1, 0.15) is 24.8 Å². The van der Waals surface area contributed by atoms with Crippen molar-refractivity contribution in [3.8, 4) is 0 Å². The largest absolute Gasteiger partial charge is 0.368 e. The van der Waals surface area contributed by atoms with Gasteiger partial charge in [0, 0.05) is 46.4 Å². The molecule has 9 heteroatoms. The Morgan fingerprint density at radius 3 is 2.50 bits per heavy atom. The molecule has 0 aliphatic carbocycles. The number of ether oxygens (including phenoxy) is 1. The topological polar surface area (TPSA) is 91.3 Å². The summed E-state index contributed by atoms with van der Waals surface area (Å²) in [6, 6.07) is 9.25. The lowest BCUT2D eigenvalue weighted by atomic mass is 10.2. The highest BCUT2D eigenvalue weighted by Gasteiger charge is 2.30. The lowest BCUT2D eigenvalue weighted by Gasteiger charge is -2.37. The second-order valence-corrected chi connectivity index (χ2v) is 9.90. The van der Waals surface area contributed by atoms with Crippen molar-refractivity contribution in [3.05, 3.63) is 35.9 Å². The Kier molecular flexibility index (Phi) is 8.09. The van der Waals surface area contributed by atoms with Gasteiger partial charge in [-0.1, -0.05) is 30.3 Å². The number of hydrogen-bond acceptors (Lipinski definition) is 5. The van der Waals surface area contributed by atoms with Gasteiger partial charge in [-0.15, -0.1) is 0 Å². The number of hydrogen-bond donors (Lipinski definition) is 1. The minimum atomic E-state index is -3.14. The summed E-state index contributed by atoms with van der Waals surface area (Å²) in [5.74, 6) is 1.05. The molecular formula is C21H32N4O4S. The SMILES string of the molecule is CN=C(NCCCS(=O)(=O)Cc1ccccc1)N1CCN(C(=O)C2CCCO2)CC1. The van der Waals surface area contributed by atoms with Crippen LogP contribution >= 0.6 is 0 Å². The summed E-state index contributed by atoms with van der Waals surface area (Å²) in [6.45, 7) is 3.90. The van der Waals surface area contributed by atoms with Crippen LogP contribution in [0.5, 0.6) is 0 Å². The molecule has 8 nitrogen and oxygen atoms in total. The molecule has 0 aromatic heterocycles. The molecule has 0 bridgehead atoms. The number of benzene rings is 1. The van der Waals surface area contributed by atoms with Crippen LogP contribution < -0.4 is 5.32 Å². The van der Waals surface area contributed by atoms with Gasteiger partial charge < -0.3 is 19.9 Å². The van der Waals surface area contributed by atoms with E-state index in [4.69, 9.17) is 4.74 Å². The molecule has 2 aliphatic rings. The van der Waals surface area contributed by atoms with Crippen molar-refractivity contribution in [3.63, 3.8) is 0 Å². The van der Waals surface area contributed by atoms with Gasteiger partial charge in [0.05, 0.1) is 11.5 Å². The molecule has 1 amide bonds. The zero-order valence-electron chi connectivity index (χ0n) is 17.6. The number of carbonyl (C=O) groups excluding carboxylic acids is 1. The fourth-order valence-electron chi connectivity index (χ4n) is 3.84. The number of aliphatic imine (C=N–C) groups is 1. The second kappa shape index (κ2) is 10.8. The van der Waals surface area contributed by atoms with Crippen molar-refractivity contribution in [2.24, 2.45) is 4.99 Å². The number of sulfone groups is 1. The summed E-state index contributed by atoms with van der Waals surface area (Å²) < 4.78 is 30.1. The van der Waals surface area contributed by atoms with E-state index in [1.54, 1.807) is 7.05 Å². The van der Waals surface area contributed by atoms with Crippen LogP contribution in [0.25, 0.3) is 0 Å². The van der Waals surface area contributed by atoms with Crippen molar-refractivity contribution in [2.75, 3.05) is 52.1 Å². The highest BCUT2D eigenvalue weighted by atomic mass is 32.2. The van der Waals surface area contributed by atoms with Crippen molar-refractivity contribution in [2.45, 2.75) is 31.1 Å². The standard InChI is InChI=1S/C21H32N4O4S/c1-22-21(23-10-6-16-30(27,28)17-18-7-3-2-4-8-18)25-13-11-24(12-14-25)20(26)19-9-5-15-29-19/h2-4,7-8,19H,5-6,9-17H2,1H3,(H,22,23). The average molecular weight is 437 g/mol. The number of nitrogens with one attached hydrogen (secondary N) is 1. The van der Waals surface area contributed by atoms with E-state index in [-0.39, 0.29) is 23.5 Å². The third-order valence-electron chi connectivity index (χ3n) is 5.45. The Balaban J connectivity index is 1.38. The molecule has 0 saturated carbocycles. The monoisotopic (exact) mass is 436 g/mol. The summed E-state index contributed by atoms with van der Waals surface area (Å²) in [7, 11) is -1.42. The van der Waals surface area contributed by atoms with E-state index >= 15 is 0 Å². The predicted molar refractivity (Wildman–Crippen MR) is 117 cm³/mol. The van der Waals surface area contributed by atoms with Gasteiger partial charge in [-0.05, 0) is 24.8 Å². The Hall–Kier alpha value is -2.13. The maximum Gasteiger partial charge on any atom is 0.251 e. The summed E-state index contributed by atoms with van der Waals surface area (Å²) in [5.41, 5.74) is 0.816. The normalized spacial score (nSPS) is 20.4. The molecule has 1 aromatic carbocycles. The van der Waals surface area contributed by atoms with E-state index in [0.29, 0.717) is 45.8 Å². The van der Waals surface area contributed by atoms with Crippen LogP contribution in [-0.4, -0.2) is 88.3 Å². The van der Waals surface area contributed by atoms with E-state index in [0.717, 1.165) is 24.4 Å². The van der Waals surface area contributed by atoms with Crippen molar-refractivity contribution >= 4 is 21.7 Å². The van der Waals surface area contributed by atoms with Crippen molar-refractivity contribution in [1.29, 1.82) is 0 Å². The Morgan fingerprint density at radius 1 is 1.17 bits per heavy atom. The van der Waals surface area contributed by atoms with Crippen LogP contribution in [0.2, 0.25) is 0 Å². The van der Waals surface area contributed by atoms with Gasteiger partial charge in [-0.25, -0.2) is 8.42 Å². The molecule has 1 atom stereocenters. The Morgan fingerprint density at radius 2 is 1.87 bits per heavy atom. The molecule has 2 saturated heterocycles. The first-order valence-electron chi connectivity index (χ1n) is 10.6. The zero-order chi connectivity index (χ0) is 21.4. The minimum absolute atomic E-state index is 0.0727. The number of carbonyl (C=O) groups is 1. The quantitative estimate of drug-likeness (QED) is 0.388. The maximum absolute atomic E-state index is 12.5. The van der Waals surface area contributed by atoms with Gasteiger partial charge in [-0.2, -0.15) is 0 Å². The van der Waals surface area contributed by atoms with Crippen LogP contribution in [0.3, 0.4) is 0 Å². The summed E-state index contributed by atoms with van der Waals surface area (Å²) in [5, 5.41) is 3.26. The van der Waals surface area contributed by atoms with E-state index < -0.39 is 9.84 Å². The minimum Gasteiger partial charge on any atom is -0.368 e. The smallest absolute Gasteiger partial charge is 0.251 e. The van der Waals surface area contributed by atoms with E-state index in [1.165, 1.54) is 0 Å². The van der Waals surface area contributed by atoms with Crippen LogP contribution in [-0.2, 0) is 25.1 Å². The molecule has 0 spiro atoms. The molecule has 1 aromatic rings. The highest BCUT2D eigenvalue weighted by Crippen LogP contribution is 2.16. The average Bonchev–Trinajstić information content (AvgIpc) is 3.29. The number of amides is 1. The van der Waals surface area contributed by atoms with E-state index in [1.807, 2.05) is 35.2 Å². The molecule has 1 unspecified atom stereocenters. The van der Waals surface area contributed by atoms with Crippen LogP contribution in [0.4, 0.5) is 0 Å². The fourth-order valence-corrected chi connectivity index (χ4v) is 5.27. The first-order chi connectivity index (χ1) is 14.5. The first-order valence-corrected chi connectivity index (χ1v) is 12.4. The van der Waals surface area contributed by atoms with E-state index in [9.17, 15) is 13.2 Å². The van der Waals surface area contributed by atoms with Gasteiger partial charge in [0.15, 0.2) is 15.8 Å². The Bertz CT molecular complexity index is 815. The molecule has 2 aliphatic heterocycles. The third-order valence-corrected chi connectivity index (χ3v) is 7.14. The van der Waals surface area contributed by atoms with Gasteiger partial charge in [0.25, 0.3) is 5.91 Å². The molecule has 2 heterocycles. The van der Waals surface area contributed by atoms with Gasteiger partial charge in [0.2, 0.25) is 0 Å². The second-order valence-electron chi connectivity index (χ2n) is 7.72. The number of nitrogens with zero attached hydrogens (tertiary/aromatic N) is 3. The van der Waals surface area contributed by atoms with Gasteiger partial charge in [0.1, 0.15) is 6.10 Å². The molecule has 0 radical (unpaired) electrons. The summed E-state index contributed by atoms with van der Waals surface area (Å²) >= 11 is 0. The highest BCUT2D eigenvalue weighted by molar-refractivity contribution is 7.90. The fraction of sp³-hybridized carbons (Fsp3) is 0.619. The zero-order valence-corrected chi connectivity index (χ0v) is 18.4. The lowest BCUT2D eigenvalue weighted by Crippen LogP contribution is -2.55. The van der Waals surface area contributed by atoms with E-state index in [2.05, 4.69) is 15.2 Å². The molecular weight excluding hydrogens is 404 g/mol. The van der Waals surface area contributed by atoms with Gasteiger partial charge >= 0.3 is 0 Å². The number of piperazine rings is 1. The lowest BCUT2D eigenvalue weighted by molar-refractivity contribution is -0.142. The predicted octanol–water partition coefficient (Wildman–Crippen LogP) is 0.890. The number of rotatable bonds is 7. The third kappa shape index (κ3) is 6.43. The van der Waals surface area contributed by atoms with Crippen molar-refractivity contribution in [1.82, 2.24) is 15.1 Å². The molecule has 3 rings (SSSR count). The Labute approximate surface area is 179 Å². The summed E-state index contributed by atoms with van der Waals surface area (Å²) in [6.07, 6.45) is 2.02. The first kappa shape index (κ1) is 22.6.